The van der Waals surface area contributed by atoms with Gasteiger partial charge in [0.05, 0.1) is 19.6 Å². The highest BCUT2D eigenvalue weighted by Gasteiger charge is 2.08. The molecule has 72 valence electrons. The zero-order chi connectivity index (χ0) is 10.6. The largest absolute Gasteiger partial charge is 0.504 e. The van der Waals surface area contributed by atoms with Gasteiger partial charge in [-0.2, -0.15) is 5.26 Å². The van der Waals surface area contributed by atoms with Crippen LogP contribution in [0.4, 0.5) is 0 Å². The van der Waals surface area contributed by atoms with E-state index in [0.29, 0.717) is 17.4 Å². The minimum atomic E-state index is -0.0663. The first-order valence-corrected chi connectivity index (χ1v) is 3.95. The summed E-state index contributed by atoms with van der Waals surface area (Å²) in [6.07, 6.45) is 0.722. The van der Waals surface area contributed by atoms with Crippen LogP contribution in [-0.2, 0) is 6.42 Å². The van der Waals surface area contributed by atoms with Crippen LogP contribution in [0.2, 0.25) is 0 Å². The smallest absolute Gasteiger partial charge is 0.161 e. The summed E-state index contributed by atoms with van der Waals surface area (Å²) in [6, 6.07) is 4.69. The van der Waals surface area contributed by atoms with Crippen molar-refractivity contribution >= 4 is 6.29 Å². The number of aldehydes is 1. The van der Waals surface area contributed by atoms with Gasteiger partial charge in [0.25, 0.3) is 0 Å². The minimum Gasteiger partial charge on any atom is -0.504 e. The molecule has 0 aliphatic rings. The summed E-state index contributed by atoms with van der Waals surface area (Å²) >= 11 is 0. The second-order valence-electron chi connectivity index (χ2n) is 2.68. The standard InChI is InChI=1S/C10H9NO3/c1-14-10-5-8(6-12)7(2-3-11)4-9(10)13/h4-6,13H,2H2,1H3. The van der Waals surface area contributed by atoms with E-state index in [-0.39, 0.29) is 17.9 Å². The first kappa shape index (κ1) is 10.1. The van der Waals surface area contributed by atoms with E-state index in [2.05, 4.69) is 0 Å². The molecule has 0 fully saturated rings. The van der Waals surface area contributed by atoms with E-state index >= 15 is 0 Å². The molecule has 0 radical (unpaired) electrons. The minimum absolute atomic E-state index is 0.0663. The van der Waals surface area contributed by atoms with Crippen LogP contribution >= 0.6 is 0 Å². The number of aromatic hydroxyl groups is 1. The number of carbonyl (C=O) groups excluding carboxylic acids is 1. The number of hydrogen-bond donors (Lipinski definition) is 1. The Bertz CT molecular complexity index is 393. The molecule has 1 aromatic rings. The summed E-state index contributed by atoms with van der Waals surface area (Å²) in [7, 11) is 1.40. The van der Waals surface area contributed by atoms with Crippen LogP contribution in [0.3, 0.4) is 0 Å². The number of nitriles is 1. The third kappa shape index (κ3) is 1.83. The summed E-state index contributed by atoms with van der Waals surface area (Å²) in [6.45, 7) is 0. The highest BCUT2D eigenvalue weighted by Crippen LogP contribution is 2.28. The van der Waals surface area contributed by atoms with E-state index in [4.69, 9.17) is 10.00 Å². The average molecular weight is 191 g/mol. The molecular weight excluding hydrogens is 182 g/mol. The van der Waals surface area contributed by atoms with Crippen molar-refractivity contribution in [1.82, 2.24) is 0 Å². The van der Waals surface area contributed by atoms with Gasteiger partial charge in [-0.25, -0.2) is 0 Å². The van der Waals surface area contributed by atoms with Crippen LogP contribution in [0, 0.1) is 11.3 Å². The summed E-state index contributed by atoms with van der Waals surface area (Å²) in [5.74, 6) is 0.164. The predicted octanol–water partition coefficient (Wildman–Crippen LogP) is 1.28. The molecule has 14 heavy (non-hydrogen) atoms. The number of phenolic OH excluding ortho intramolecular Hbond substituents is 1. The molecule has 4 heteroatoms. The molecular formula is C10H9NO3. The van der Waals surface area contributed by atoms with Gasteiger partial charge in [-0.05, 0) is 17.7 Å². The Balaban J connectivity index is 3.25. The lowest BCUT2D eigenvalue weighted by Crippen LogP contribution is -1.94. The van der Waals surface area contributed by atoms with E-state index in [1.54, 1.807) is 0 Å². The van der Waals surface area contributed by atoms with Crippen molar-refractivity contribution in [3.63, 3.8) is 0 Å². The summed E-state index contributed by atoms with van der Waals surface area (Å²) < 4.78 is 4.83. The Morgan fingerprint density at radius 2 is 2.36 bits per heavy atom. The monoisotopic (exact) mass is 191 g/mol. The quantitative estimate of drug-likeness (QED) is 0.730. The summed E-state index contributed by atoms with van der Waals surface area (Å²) in [5.41, 5.74) is 0.863. The van der Waals surface area contributed by atoms with Gasteiger partial charge in [0.15, 0.2) is 17.8 Å². The number of nitrogens with zero attached hydrogens (tertiary/aromatic N) is 1. The van der Waals surface area contributed by atoms with Crippen molar-refractivity contribution in [1.29, 1.82) is 5.26 Å². The van der Waals surface area contributed by atoms with Gasteiger partial charge in [0.1, 0.15) is 0 Å². The molecule has 0 aliphatic carbocycles. The van der Waals surface area contributed by atoms with Crippen LogP contribution in [0.15, 0.2) is 12.1 Å². The predicted molar refractivity (Wildman–Crippen MR) is 49.4 cm³/mol. The molecule has 0 heterocycles. The van der Waals surface area contributed by atoms with Gasteiger partial charge in [-0.3, -0.25) is 4.79 Å². The molecule has 0 atom stereocenters. The topological polar surface area (TPSA) is 70.3 Å². The highest BCUT2D eigenvalue weighted by molar-refractivity contribution is 5.79. The zero-order valence-corrected chi connectivity index (χ0v) is 7.65. The Morgan fingerprint density at radius 3 is 2.86 bits per heavy atom. The first-order chi connectivity index (χ1) is 6.72. The molecule has 0 saturated carbocycles. The molecule has 1 N–H and O–H groups in total. The Kier molecular flexibility index (Phi) is 3.08. The van der Waals surface area contributed by atoms with Crippen molar-refractivity contribution in [3.05, 3.63) is 23.3 Å². The molecule has 1 rings (SSSR count). The fourth-order valence-corrected chi connectivity index (χ4v) is 1.14. The molecule has 0 aromatic heterocycles. The fourth-order valence-electron chi connectivity index (χ4n) is 1.14. The van der Waals surface area contributed by atoms with Crippen LogP contribution < -0.4 is 4.74 Å². The van der Waals surface area contributed by atoms with Crippen LogP contribution in [0.5, 0.6) is 11.5 Å². The fraction of sp³-hybridized carbons (Fsp3) is 0.200. The normalized spacial score (nSPS) is 9.14. The van der Waals surface area contributed by atoms with Crippen LogP contribution in [0.25, 0.3) is 0 Å². The SMILES string of the molecule is COc1cc(C=O)c(CC#N)cc1O. The lowest BCUT2D eigenvalue weighted by molar-refractivity contribution is 0.112. The molecule has 0 bridgehead atoms. The zero-order valence-electron chi connectivity index (χ0n) is 7.65. The van der Waals surface area contributed by atoms with Crippen LogP contribution in [-0.4, -0.2) is 18.5 Å². The van der Waals surface area contributed by atoms with Crippen LogP contribution in [0.1, 0.15) is 15.9 Å². The van der Waals surface area contributed by atoms with E-state index < -0.39 is 0 Å². The number of methoxy groups -OCH3 is 1. The maximum Gasteiger partial charge on any atom is 0.161 e. The van der Waals surface area contributed by atoms with Crippen molar-refractivity contribution in [2.45, 2.75) is 6.42 Å². The van der Waals surface area contributed by atoms with Crippen molar-refractivity contribution in [2.24, 2.45) is 0 Å². The Labute approximate surface area is 81.4 Å². The van der Waals surface area contributed by atoms with Crippen molar-refractivity contribution in [3.8, 4) is 17.6 Å². The van der Waals surface area contributed by atoms with E-state index in [9.17, 15) is 9.90 Å². The van der Waals surface area contributed by atoms with Gasteiger partial charge in [-0.1, -0.05) is 0 Å². The van der Waals surface area contributed by atoms with Gasteiger partial charge in [0, 0.05) is 5.56 Å². The Morgan fingerprint density at radius 1 is 1.64 bits per heavy atom. The van der Waals surface area contributed by atoms with Crippen molar-refractivity contribution < 1.29 is 14.6 Å². The summed E-state index contributed by atoms with van der Waals surface area (Å²) in [4.78, 5) is 10.6. The number of phenols is 1. The molecule has 0 spiro atoms. The first-order valence-electron chi connectivity index (χ1n) is 3.95. The Hall–Kier alpha value is -2.02. The lowest BCUT2D eigenvalue weighted by Gasteiger charge is -2.06. The van der Waals surface area contributed by atoms with E-state index in [1.165, 1.54) is 19.2 Å². The van der Waals surface area contributed by atoms with Gasteiger partial charge >= 0.3 is 0 Å². The maximum absolute atomic E-state index is 10.6. The molecule has 0 aliphatic heterocycles. The second-order valence-corrected chi connectivity index (χ2v) is 2.68. The molecule has 0 saturated heterocycles. The van der Waals surface area contributed by atoms with E-state index in [1.807, 2.05) is 6.07 Å². The van der Waals surface area contributed by atoms with Gasteiger partial charge in [0.2, 0.25) is 0 Å². The molecule has 0 unspecified atom stereocenters. The molecule has 4 nitrogen and oxygen atoms in total. The molecule has 1 aromatic carbocycles. The lowest BCUT2D eigenvalue weighted by atomic mass is 10.1. The highest BCUT2D eigenvalue weighted by atomic mass is 16.5. The number of benzene rings is 1. The van der Waals surface area contributed by atoms with Gasteiger partial charge in [-0.15, -0.1) is 0 Å². The van der Waals surface area contributed by atoms with E-state index in [0.717, 1.165) is 0 Å². The summed E-state index contributed by atoms with van der Waals surface area (Å²) in [5, 5.41) is 17.9. The second kappa shape index (κ2) is 4.28. The van der Waals surface area contributed by atoms with Crippen molar-refractivity contribution in [2.75, 3.05) is 7.11 Å². The third-order valence-electron chi connectivity index (χ3n) is 1.84. The maximum atomic E-state index is 10.6. The number of carbonyl (C=O) groups is 1. The number of rotatable bonds is 3. The number of ether oxygens (including phenoxy) is 1. The van der Waals surface area contributed by atoms with Gasteiger partial charge < -0.3 is 9.84 Å². The molecule has 0 amide bonds. The number of hydrogen-bond acceptors (Lipinski definition) is 4. The third-order valence-corrected chi connectivity index (χ3v) is 1.84. The average Bonchev–Trinajstić information content (AvgIpc) is 2.19.